The minimum Gasteiger partial charge on any atom is -0.389 e. The molecule has 0 aliphatic carbocycles. The van der Waals surface area contributed by atoms with Crippen LogP contribution in [-0.4, -0.2) is 22.2 Å². The van der Waals surface area contributed by atoms with Crippen molar-refractivity contribution in [2.75, 3.05) is 5.88 Å². The van der Waals surface area contributed by atoms with Crippen molar-refractivity contribution in [1.82, 2.24) is 0 Å². The number of rotatable bonds is 3. The van der Waals surface area contributed by atoms with Crippen LogP contribution in [0.1, 0.15) is 11.7 Å². The lowest BCUT2D eigenvalue weighted by molar-refractivity contribution is 0.0328. The van der Waals surface area contributed by atoms with Crippen molar-refractivity contribution in [2.24, 2.45) is 0 Å². The Morgan fingerprint density at radius 1 is 1.00 bits per heavy atom. The molecule has 0 radical (unpaired) electrons. The van der Waals surface area contributed by atoms with Crippen LogP contribution in [-0.2, 0) is 0 Å². The topological polar surface area (TPSA) is 40.5 Å². The fourth-order valence-corrected chi connectivity index (χ4v) is 3.49. The summed E-state index contributed by atoms with van der Waals surface area (Å²) in [5, 5.41) is 22.0. The number of thiophene rings is 1. The number of aliphatic hydroxyl groups is 2. The van der Waals surface area contributed by atoms with E-state index in [0.717, 1.165) is 5.39 Å². The van der Waals surface area contributed by atoms with Gasteiger partial charge in [0.25, 0.3) is 0 Å². The first-order valence-corrected chi connectivity index (χ1v) is 7.39. The van der Waals surface area contributed by atoms with Gasteiger partial charge in [-0.1, -0.05) is 24.3 Å². The molecule has 3 aromatic rings. The summed E-state index contributed by atoms with van der Waals surface area (Å²) in [6, 6.07) is 14.0. The number of hydrogen-bond acceptors (Lipinski definition) is 3. The summed E-state index contributed by atoms with van der Waals surface area (Å²) in [7, 11) is 0. The summed E-state index contributed by atoms with van der Waals surface area (Å²) >= 11 is 7.31. The number of benzene rings is 2. The molecule has 1 aromatic heterocycles. The molecule has 2 atom stereocenters. The molecule has 0 fully saturated rings. The monoisotopic (exact) mass is 292 g/mol. The van der Waals surface area contributed by atoms with E-state index in [9.17, 15) is 10.2 Å². The van der Waals surface area contributed by atoms with Gasteiger partial charge in [0.2, 0.25) is 0 Å². The lowest BCUT2D eigenvalue weighted by Gasteiger charge is -2.15. The predicted octanol–water partition coefficient (Wildman–Crippen LogP) is 3.69. The van der Waals surface area contributed by atoms with E-state index < -0.39 is 12.2 Å². The Kier molecular flexibility index (Phi) is 3.46. The first kappa shape index (κ1) is 12.9. The van der Waals surface area contributed by atoms with Crippen LogP contribution >= 0.6 is 22.9 Å². The molecular formula is C15H13ClO2S. The van der Waals surface area contributed by atoms with Crippen LogP contribution in [0.5, 0.6) is 0 Å². The Labute approximate surface area is 119 Å². The summed E-state index contributed by atoms with van der Waals surface area (Å²) in [5.41, 5.74) is 0.698. The maximum atomic E-state index is 10.0. The van der Waals surface area contributed by atoms with Gasteiger partial charge in [-0.25, -0.2) is 0 Å². The predicted molar refractivity (Wildman–Crippen MR) is 81.0 cm³/mol. The molecule has 0 amide bonds. The first-order chi connectivity index (χ1) is 9.20. The van der Waals surface area contributed by atoms with Crippen molar-refractivity contribution in [1.29, 1.82) is 0 Å². The highest BCUT2D eigenvalue weighted by molar-refractivity contribution is 7.25. The summed E-state index contributed by atoms with van der Waals surface area (Å²) in [6.07, 6.45) is -1.88. The third-order valence-corrected chi connectivity index (χ3v) is 4.73. The standard InChI is InChI=1S/C15H13ClO2S/c16-8-12(17)15(18)9-5-6-14-11(7-9)10-3-1-2-4-13(10)19-14/h1-7,12,15,17-18H,8H2. The maximum absolute atomic E-state index is 10.0. The molecule has 0 saturated heterocycles. The van der Waals surface area contributed by atoms with Gasteiger partial charge in [0, 0.05) is 20.2 Å². The fraction of sp³-hybridized carbons (Fsp3) is 0.200. The minimum atomic E-state index is -0.944. The summed E-state index contributed by atoms with van der Waals surface area (Å²) in [6.45, 7) is 0. The van der Waals surface area contributed by atoms with Crippen LogP contribution in [0.15, 0.2) is 42.5 Å². The van der Waals surface area contributed by atoms with Crippen LogP contribution < -0.4 is 0 Å². The Morgan fingerprint density at radius 3 is 2.53 bits per heavy atom. The van der Waals surface area contributed by atoms with Crippen LogP contribution in [0, 0.1) is 0 Å². The molecule has 4 heteroatoms. The summed E-state index contributed by atoms with van der Waals surface area (Å²) in [5.74, 6) is 0.0174. The van der Waals surface area contributed by atoms with Gasteiger partial charge in [-0.15, -0.1) is 22.9 Å². The zero-order valence-electron chi connectivity index (χ0n) is 10.1. The SMILES string of the molecule is OC(CCl)C(O)c1ccc2sc3ccccc3c2c1. The van der Waals surface area contributed by atoms with Gasteiger partial charge in [-0.05, 0) is 23.8 Å². The van der Waals surface area contributed by atoms with Gasteiger partial charge in [-0.2, -0.15) is 0 Å². The normalized spacial score (nSPS) is 14.9. The van der Waals surface area contributed by atoms with Crippen molar-refractivity contribution < 1.29 is 10.2 Å². The van der Waals surface area contributed by atoms with Crippen molar-refractivity contribution in [3.8, 4) is 0 Å². The Balaban J connectivity index is 2.16. The minimum absolute atomic E-state index is 0.0174. The molecule has 1 heterocycles. The molecular weight excluding hydrogens is 280 g/mol. The fourth-order valence-electron chi connectivity index (χ4n) is 2.23. The van der Waals surface area contributed by atoms with E-state index >= 15 is 0 Å². The third-order valence-electron chi connectivity index (χ3n) is 3.26. The third kappa shape index (κ3) is 2.23. The zero-order valence-corrected chi connectivity index (χ0v) is 11.7. The Bertz CT molecular complexity index is 722. The lowest BCUT2D eigenvalue weighted by atomic mass is 10.0. The molecule has 2 nitrogen and oxygen atoms in total. The largest absolute Gasteiger partial charge is 0.389 e. The highest BCUT2D eigenvalue weighted by atomic mass is 35.5. The number of aliphatic hydroxyl groups excluding tert-OH is 2. The molecule has 19 heavy (non-hydrogen) atoms. The maximum Gasteiger partial charge on any atom is 0.106 e. The van der Waals surface area contributed by atoms with E-state index in [1.165, 1.54) is 14.8 Å². The van der Waals surface area contributed by atoms with Crippen molar-refractivity contribution >= 4 is 43.1 Å². The van der Waals surface area contributed by atoms with E-state index in [4.69, 9.17) is 11.6 Å². The second-order valence-electron chi connectivity index (χ2n) is 4.52. The molecule has 98 valence electrons. The van der Waals surface area contributed by atoms with Crippen LogP contribution in [0.4, 0.5) is 0 Å². The molecule has 0 spiro atoms. The van der Waals surface area contributed by atoms with E-state index in [1.54, 1.807) is 11.3 Å². The van der Waals surface area contributed by atoms with Gasteiger partial charge in [0.1, 0.15) is 6.10 Å². The van der Waals surface area contributed by atoms with Crippen LogP contribution in [0.2, 0.25) is 0 Å². The molecule has 0 aliphatic rings. The highest BCUT2D eigenvalue weighted by Crippen LogP contribution is 2.35. The highest BCUT2D eigenvalue weighted by Gasteiger charge is 2.18. The van der Waals surface area contributed by atoms with E-state index in [1.807, 2.05) is 30.3 Å². The molecule has 2 aromatic carbocycles. The van der Waals surface area contributed by atoms with Gasteiger partial charge in [0.05, 0.1) is 12.0 Å². The summed E-state index contributed by atoms with van der Waals surface area (Å²) in [4.78, 5) is 0. The second kappa shape index (κ2) is 5.10. The average molecular weight is 293 g/mol. The van der Waals surface area contributed by atoms with Gasteiger partial charge in [0.15, 0.2) is 0 Å². The van der Waals surface area contributed by atoms with Crippen molar-refractivity contribution in [3.63, 3.8) is 0 Å². The second-order valence-corrected chi connectivity index (χ2v) is 5.91. The Morgan fingerprint density at radius 2 is 1.74 bits per heavy atom. The number of fused-ring (bicyclic) bond motifs is 3. The zero-order chi connectivity index (χ0) is 13.4. The lowest BCUT2D eigenvalue weighted by Crippen LogP contribution is -2.19. The summed E-state index contributed by atoms with van der Waals surface area (Å²) < 4.78 is 2.40. The average Bonchev–Trinajstić information content (AvgIpc) is 2.83. The first-order valence-electron chi connectivity index (χ1n) is 6.04. The van der Waals surface area contributed by atoms with Gasteiger partial charge in [-0.3, -0.25) is 0 Å². The van der Waals surface area contributed by atoms with Gasteiger partial charge < -0.3 is 10.2 Å². The van der Waals surface area contributed by atoms with Crippen LogP contribution in [0.3, 0.4) is 0 Å². The van der Waals surface area contributed by atoms with Gasteiger partial charge >= 0.3 is 0 Å². The number of halogens is 1. The molecule has 3 rings (SSSR count). The van der Waals surface area contributed by atoms with Crippen molar-refractivity contribution in [3.05, 3.63) is 48.0 Å². The number of alkyl halides is 1. The van der Waals surface area contributed by atoms with E-state index in [2.05, 4.69) is 12.1 Å². The molecule has 2 unspecified atom stereocenters. The molecule has 2 N–H and O–H groups in total. The van der Waals surface area contributed by atoms with E-state index in [-0.39, 0.29) is 5.88 Å². The quantitative estimate of drug-likeness (QED) is 0.723. The van der Waals surface area contributed by atoms with E-state index in [0.29, 0.717) is 5.56 Å². The number of hydrogen-bond donors (Lipinski definition) is 2. The molecule has 0 saturated carbocycles. The van der Waals surface area contributed by atoms with Crippen LogP contribution in [0.25, 0.3) is 20.2 Å². The smallest absolute Gasteiger partial charge is 0.106 e. The Hall–Kier alpha value is -1.13. The molecule has 0 bridgehead atoms. The molecule has 0 aliphatic heterocycles. The van der Waals surface area contributed by atoms with Crippen molar-refractivity contribution in [2.45, 2.75) is 12.2 Å².